The highest BCUT2D eigenvalue weighted by Crippen LogP contribution is 2.16. The average molecular weight is 343 g/mol. The molecule has 0 saturated carbocycles. The van der Waals surface area contributed by atoms with Crippen LogP contribution in [0.4, 0.5) is 17.2 Å². The Morgan fingerprint density at radius 2 is 1.85 bits per heavy atom. The molecule has 0 radical (unpaired) electrons. The van der Waals surface area contributed by atoms with Crippen LogP contribution in [-0.2, 0) is 6.42 Å². The third-order valence-corrected chi connectivity index (χ3v) is 3.78. The van der Waals surface area contributed by atoms with Crippen molar-refractivity contribution >= 4 is 23.1 Å². The Balaban J connectivity index is 1.66. The van der Waals surface area contributed by atoms with E-state index in [0.717, 1.165) is 12.1 Å². The van der Waals surface area contributed by atoms with Gasteiger partial charge >= 0.3 is 0 Å². The summed E-state index contributed by atoms with van der Waals surface area (Å²) >= 11 is 0. The highest BCUT2D eigenvalue weighted by molar-refractivity contribution is 6.02. The van der Waals surface area contributed by atoms with Crippen LogP contribution in [0, 0.1) is 11.3 Å². The Hall–Kier alpha value is -3.72. The van der Waals surface area contributed by atoms with E-state index in [1.807, 2.05) is 30.3 Å². The molecule has 6 nitrogen and oxygen atoms in total. The molecule has 1 aromatic heterocycles. The fraction of sp³-hybridized carbons (Fsp3) is 0.100. The Bertz CT molecular complexity index is 943. The molecule has 3 aromatic rings. The summed E-state index contributed by atoms with van der Waals surface area (Å²) in [5.41, 5.74) is 3.42. The van der Waals surface area contributed by atoms with Crippen molar-refractivity contribution in [1.82, 2.24) is 10.2 Å². The lowest BCUT2D eigenvalue weighted by atomic mass is 10.1. The van der Waals surface area contributed by atoms with E-state index in [-0.39, 0.29) is 11.6 Å². The van der Waals surface area contributed by atoms with Gasteiger partial charge in [-0.25, -0.2) is 0 Å². The van der Waals surface area contributed by atoms with Crippen LogP contribution in [0.1, 0.15) is 28.5 Å². The molecule has 0 bridgehead atoms. The van der Waals surface area contributed by atoms with E-state index in [1.165, 1.54) is 5.56 Å². The first kappa shape index (κ1) is 17.1. The molecule has 0 spiro atoms. The average Bonchev–Trinajstić information content (AvgIpc) is 2.69. The van der Waals surface area contributed by atoms with Crippen LogP contribution in [0.3, 0.4) is 0 Å². The van der Waals surface area contributed by atoms with E-state index in [4.69, 9.17) is 5.26 Å². The predicted octanol–water partition coefficient (Wildman–Crippen LogP) is 3.91. The maximum atomic E-state index is 12.3. The number of nitriles is 1. The zero-order valence-corrected chi connectivity index (χ0v) is 14.2. The van der Waals surface area contributed by atoms with Crippen molar-refractivity contribution in [2.45, 2.75) is 13.3 Å². The molecular weight excluding hydrogens is 326 g/mol. The van der Waals surface area contributed by atoms with Crippen LogP contribution < -0.4 is 10.6 Å². The fourth-order valence-electron chi connectivity index (χ4n) is 2.35. The molecule has 1 amide bonds. The maximum absolute atomic E-state index is 12.3. The molecule has 128 valence electrons. The van der Waals surface area contributed by atoms with E-state index in [2.05, 4.69) is 33.8 Å². The van der Waals surface area contributed by atoms with Gasteiger partial charge in [0, 0.05) is 11.4 Å². The van der Waals surface area contributed by atoms with Gasteiger partial charge in [-0.2, -0.15) is 5.26 Å². The van der Waals surface area contributed by atoms with Crippen LogP contribution in [0.25, 0.3) is 0 Å². The molecule has 6 heteroatoms. The van der Waals surface area contributed by atoms with Gasteiger partial charge in [0.2, 0.25) is 0 Å². The predicted molar refractivity (Wildman–Crippen MR) is 100 cm³/mol. The molecule has 0 atom stereocenters. The minimum atomic E-state index is -0.320. The lowest BCUT2D eigenvalue weighted by molar-refractivity contribution is 0.102. The molecule has 0 aliphatic heterocycles. The van der Waals surface area contributed by atoms with E-state index in [0.29, 0.717) is 17.1 Å². The number of nitrogens with one attached hydrogen (secondary N) is 2. The summed E-state index contributed by atoms with van der Waals surface area (Å²) in [6.45, 7) is 2.08. The monoisotopic (exact) mass is 343 g/mol. The van der Waals surface area contributed by atoms with Crippen molar-refractivity contribution in [3.05, 3.63) is 77.5 Å². The third-order valence-electron chi connectivity index (χ3n) is 3.78. The topological polar surface area (TPSA) is 90.7 Å². The normalized spacial score (nSPS) is 10.0. The van der Waals surface area contributed by atoms with Gasteiger partial charge in [-0.05, 0) is 54.4 Å². The van der Waals surface area contributed by atoms with Crippen molar-refractivity contribution in [2.24, 2.45) is 0 Å². The number of anilines is 3. The van der Waals surface area contributed by atoms with E-state index in [1.54, 1.807) is 30.3 Å². The molecule has 2 N–H and O–H groups in total. The zero-order chi connectivity index (χ0) is 18.4. The van der Waals surface area contributed by atoms with Gasteiger partial charge in [-0.3, -0.25) is 4.79 Å². The summed E-state index contributed by atoms with van der Waals surface area (Å²) in [7, 11) is 0. The zero-order valence-electron chi connectivity index (χ0n) is 14.2. The van der Waals surface area contributed by atoms with E-state index < -0.39 is 0 Å². The van der Waals surface area contributed by atoms with Gasteiger partial charge in [0.15, 0.2) is 11.5 Å². The Labute approximate surface area is 151 Å². The summed E-state index contributed by atoms with van der Waals surface area (Å²) in [5, 5.41) is 22.7. The number of aryl methyl sites for hydroxylation is 1. The van der Waals surface area contributed by atoms with Gasteiger partial charge < -0.3 is 10.6 Å². The summed E-state index contributed by atoms with van der Waals surface area (Å²) < 4.78 is 0. The molecule has 2 aromatic carbocycles. The first-order chi connectivity index (χ1) is 12.7. The number of rotatable bonds is 5. The van der Waals surface area contributed by atoms with Gasteiger partial charge in [-0.15, -0.1) is 10.2 Å². The van der Waals surface area contributed by atoms with Gasteiger partial charge in [-0.1, -0.05) is 25.1 Å². The highest BCUT2D eigenvalue weighted by Gasteiger charge is 2.09. The number of carbonyl (C=O) groups is 1. The molecule has 0 aliphatic rings. The van der Waals surface area contributed by atoms with Crippen LogP contribution in [-0.4, -0.2) is 16.1 Å². The summed E-state index contributed by atoms with van der Waals surface area (Å²) in [6.07, 6.45) is 0.950. The van der Waals surface area contributed by atoms with Gasteiger partial charge in [0.1, 0.15) is 0 Å². The molecule has 0 unspecified atom stereocenters. The molecule has 0 saturated heterocycles. The quantitative estimate of drug-likeness (QED) is 0.733. The lowest BCUT2D eigenvalue weighted by Gasteiger charge is -2.07. The molecule has 3 rings (SSSR count). The molecule has 26 heavy (non-hydrogen) atoms. The first-order valence-electron chi connectivity index (χ1n) is 8.19. The Morgan fingerprint density at radius 3 is 2.50 bits per heavy atom. The molecule has 0 aliphatic carbocycles. The number of amides is 1. The second kappa shape index (κ2) is 7.90. The van der Waals surface area contributed by atoms with E-state index >= 15 is 0 Å². The summed E-state index contributed by atoms with van der Waals surface area (Å²) in [6, 6.07) is 20.1. The van der Waals surface area contributed by atoms with E-state index in [9.17, 15) is 4.79 Å². The number of hydrogen-bond donors (Lipinski definition) is 2. The minimum absolute atomic E-state index is 0.223. The minimum Gasteiger partial charge on any atom is -0.339 e. The van der Waals surface area contributed by atoms with Gasteiger partial charge in [0.05, 0.1) is 11.6 Å². The Morgan fingerprint density at radius 1 is 1.04 bits per heavy atom. The van der Waals surface area contributed by atoms with Gasteiger partial charge in [0.25, 0.3) is 5.91 Å². The van der Waals surface area contributed by atoms with Crippen LogP contribution >= 0.6 is 0 Å². The molecular formula is C20H17N5O. The summed E-state index contributed by atoms with van der Waals surface area (Å²) in [5.74, 6) is 0.170. The second-order valence-corrected chi connectivity index (χ2v) is 5.63. The first-order valence-corrected chi connectivity index (χ1v) is 8.19. The highest BCUT2D eigenvalue weighted by atomic mass is 16.1. The van der Waals surface area contributed by atoms with Crippen molar-refractivity contribution in [3.63, 3.8) is 0 Å². The van der Waals surface area contributed by atoms with Crippen LogP contribution in [0.5, 0.6) is 0 Å². The number of nitrogens with zero attached hydrogens (tertiary/aromatic N) is 3. The summed E-state index contributed by atoms with van der Waals surface area (Å²) in [4.78, 5) is 12.3. The third kappa shape index (κ3) is 4.22. The number of carbonyl (C=O) groups excluding carboxylic acids is 1. The van der Waals surface area contributed by atoms with Crippen molar-refractivity contribution < 1.29 is 4.79 Å². The second-order valence-electron chi connectivity index (χ2n) is 5.63. The number of hydrogen-bond acceptors (Lipinski definition) is 5. The Kier molecular flexibility index (Phi) is 5.20. The maximum Gasteiger partial charge on any atom is 0.276 e. The lowest BCUT2D eigenvalue weighted by Crippen LogP contribution is -2.14. The number of benzene rings is 2. The molecule has 0 fully saturated rings. The smallest absolute Gasteiger partial charge is 0.276 e. The van der Waals surface area contributed by atoms with Crippen LogP contribution in [0.2, 0.25) is 0 Å². The largest absolute Gasteiger partial charge is 0.339 e. The van der Waals surface area contributed by atoms with Crippen molar-refractivity contribution in [3.8, 4) is 6.07 Å². The standard InChI is InChI=1S/C20H17N5O/c1-2-14-6-8-16(9-7-14)23-20(26)18-10-11-19(25-24-18)22-17-5-3-4-15(12-17)13-21/h3-12H,2H2,1H3,(H,22,25)(H,23,26). The van der Waals surface area contributed by atoms with Crippen molar-refractivity contribution in [1.29, 1.82) is 5.26 Å². The van der Waals surface area contributed by atoms with Crippen molar-refractivity contribution in [2.75, 3.05) is 10.6 Å². The van der Waals surface area contributed by atoms with Crippen LogP contribution in [0.15, 0.2) is 60.7 Å². The fourth-order valence-corrected chi connectivity index (χ4v) is 2.35. The number of aromatic nitrogens is 2. The molecule has 1 heterocycles. The SMILES string of the molecule is CCc1ccc(NC(=O)c2ccc(Nc3cccc(C#N)c3)nn2)cc1.